The number of imide groups is 1. The van der Waals surface area contributed by atoms with Crippen molar-refractivity contribution in [2.45, 2.75) is 26.1 Å². The summed E-state index contributed by atoms with van der Waals surface area (Å²) in [5, 5.41) is 0. The van der Waals surface area contributed by atoms with Crippen molar-refractivity contribution in [3.05, 3.63) is 41.5 Å². The van der Waals surface area contributed by atoms with Gasteiger partial charge in [0, 0.05) is 0 Å². The van der Waals surface area contributed by atoms with Crippen LogP contribution in [0.15, 0.2) is 30.4 Å². The molecule has 0 aromatic heterocycles. The van der Waals surface area contributed by atoms with Crippen LogP contribution < -0.4 is 4.90 Å². The molecule has 2 bridgehead atoms. The Morgan fingerprint density at radius 2 is 1.55 bits per heavy atom. The topological polar surface area (TPSA) is 46.6 Å². The summed E-state index contributed by atoms with van der Waals surface area (Å²) in [4.78, 5) is 26.5. The fraction of sp³-hybridized carbons (Fsp3) is 0.375. The van der Waals surface area contributed by atoms with Gasteiger partial charge in [0.15, 0.2) is 0 Å². The van der Waals surface area contributed by atoms with Crippen molar-refractivity contribution in [1.82, 2.24) is 0 Å². The third kappa shape index (κ3) is 1.34. The number of fused-ring (bicyclic) bond motifs is 5. The summed E-state index contributed by atoms with van der Waals surface area (Å²) in [6.07, 6.45) is 3.36. The van der Waals surface area contributed by atoms with Crippen molar-refractivity contribution in [2.75, 3.05) is 4.90 Å². The van der Waals surface area contributed by atoms with Crippen molar-refractivity contribution >= 4 is 17.5 Å². The third-order valence-electron chi connectivity index (χ3n) is 4.66. The zero-order chi connectivity index (χ0) is 14.0. The summed E-state index contributed by atoms with van der Waals surface area (Å²) in [5.74, 6) is -0.918. The van der Waals surface area contributed by atoms with Crippen LogP contribution in [0.4, 0.5) is 5.69 Å². The third-order valence-corrected chi connectivity index (χ3v) is 4.66. The number of amides is 2. The molecule has 0 aliphatic carbocycles. The van der Waals surface area contributed by atoms with Crippen molar-refractivity contribution < 1.29 is 14.3 Å². The van der Waals surface area contributed by atoms with Crippen LogP contribution in [-0.2, 0) is 14.3 Å². The lowest BCUT2D eigenvalue weighted by Gasteiger charge is -2.18. The molecule has 0 saturated carbocycles. The predicted molar refractivity (Wildman–Crippen MR) is 73.2 cm³/mol. The molecule has 0 unspecified atom stereocenters. The lowest BCUT2D eigenvalue weighted by molar-refractivity contribution is -0.124. The molecule has 1 aromatic carbocycles. The normalized spacial score (nSPS) is 34.2. The molecular formula is C16H15NO3. The van der Waals surface area contributed by atoms with Gasteiger partial charge in [-0.25, -0.2) is 4.90 Å². The maximum Gasteiger partial charge on any atom is 0.240 e. The monoisotopic (exact) mass is 269 g/mol. The maximum atomic E-state index is 12.6. The van der Waals surface area contributed by atoms with Gasteiger partial charge in [-0.15, -0.1) is 0 Å². The molecule has 2 fully saturated rings. The van der Waals surface area contributed by atoms with Crippen LogP contribution in [0.5, 0.6) is 0 Å². The Labute approximate surface area is 117 Å². The highest BCUT2D eigenvalue weighted by Gasteiger charge is 2.60. The first-order valence-corrected chi connectivity index (χ1v) is 6.87. The second-order valence-corrected chi connectivity index (χ2v) is 5.78. The van der Waals surface area contributed by atoms with Gasteiger partial charge in [0.2, 0.25) is 11.8 Å². The van der Waals surface area contributed by atoms with Crippen LogP contribution in [0.1, 0.15) is 11.1 Å². The van der Waals surface area contributed by atoms with Gasteiger partial charge in [-0.1, -0.05) is 18.2 Å². The van der Waals surface area contributed by atoms with Crippen LogP contribution >= 0.6 is 0 Å². The number of anilines is 1. The Bertz CT molecular complexity index is 634. The first kappa shape index (κ1) is 11.9. The predicted octanol–water partition coefficient (Wildman–Crippen LogP) is 1.75. The van der Waals surface area contributed by atoms with Gasteiger partial charge in [0.05, 0.1) is 29.7 Å². The molecular weight excluding hydrogens is 254 g/mol. The number of hydrogen-bond acceptors (Lipinski definition) is 3. The van der Waals surface area contributed by atoms with Crippen molar-refractivity contribution in [3.63, 3.8) is 0 Å². The Morgan fingerprint density at radius 1 is 0.950 bits per heavy atom. The second kappa shape index (κ2) is 3.79. The lowest BCUT2D eigenvalue weighted by atomic mass is 9.85. The molecule has 4 atom stereocenters. The molecule has 4 rings (SSSR count). The van der Waals surface area contributed by atoms with E-state index in [0.717, 1.165) is 11.1 Å². The van der Waals surface area contributed by atoms with Gasteiger partial charge in [0.25, 0.3) is 0 Å². The summed E-state index contributed by atoms with van der Waals surface area (Å²) >= 11 is 0. The number of aryl methyl sites for hydroxylation is 2. The number of ether oxygens (including phenoxy) is 1. The zero-order valence-electron chi connectivity index (χ0n) is 11.4. The van der Waals surface area contributed by atoms with Crippen LogP contribution in [0, 0.1) is 25.7 Å². The highest BCUT2D eigenvalue weighted by molar-refractivity contribution is 6.23. The first-order chi connectivity index (χ1) is 9.58. The van der Waals surface area contributed by atoms with Crippen molar-refractivity contribution in [2.24, 2.45) is 11.8 Å². The van der Waals surface area contributed by atoms with E-state index in [2.05, 4.69) is 0 Å². The quantitative estimate of drug-likeness (QED) is 0.576. The van der Waals surface area contributed by atoms with Crippen LogP contribution in [0.25, 0.3) is 0 Å². The minimum Gasteiger partial charge on any atom is -0.365 e. The molecule has 2 saturated heterocycles. The van der Waals surface area contributed by atoms with Crippen LogP contribution in [0.2, 0.25) is 0 Å². The largest absolute Gasteiger partial charge is 0.365 e. The summed E-state index contributed by atoms with van der Waals surface area (Å²) in [6, 6.07) is 5.69. The van der Waals surface area contributed by atoms with Crippen LogP contribution in [-0.4, -0.2) is 24.0 Å². The molecule has 0 N–H and O–H groups in total. The molecule has 1 aromatic rings. The molecule has 3 heterocycles. The number of hydrogen-bond donors (Lipinski definition) is 0. The second-order valence-electron chi connectivity index (χ2n) is 5.78. The Hall–Kier alpha value is -1.94. The smallest absolute Gasteiger partial charge is 0.240 e. The number of carbonyl (C=O) groups is 2. The highest BCUT2D eigenvalue weighted by Crippen LogP contribution is 2.46. The van der Waals surface area contributed by atoms with E-state index in [1.165, 1.54) is 4.90 Å². The average Bonchev–Trinajstić information content (AvgIpc) is 3.08. The molecule has 2 amide bonds. The Kier molecular flexibility index (Phi) is 2.25. The van der Waals surface area contributed by atoms with E-state index in [4.69, 9.17) is 4.74 Å². The molecule has 3 aliphatic rings. The zero-order valence-corrected chi connectivity index (χ0v) is 11.4. The van der Waals surface area contributed by atoms with Gasteiger partial charge in [0.1, 0.15) is 0 Å². The standard InChI is InChI=1S/C16H15NO3/c1-8-3-4-10(7-9(8)2)17-15(18)13-11-5-6-12(20-11)14(13)16(17)19/h3-7,11-14H,1-2H3/t11-,12-,13-,14+/m1/s1. The van der Waals surface area contributed by atoms with E-state index in [9.17, 15) is 9.59 Å². The highest BCUT2D eigenvalue weighted by atomic mass is 16.5. The maximum absolute atomic E-state index is 12.6. The van der Waals surface area contributed by atoms with Gasteiger partial charge in [-0.2, -0.15) is 0 Å². The Morgan fingerprint density at radius 3 is 2.10 bits per heavy atom. The minimum absolute atomic E-state index is 0.125. The average molecular weight is 269 g/mol. The van der Waals surface area contributed by atoms with E-state index < -0.39 is 0 Å². The van der Waals surface area contributed by atoms with Gasteiger partial charge in [-0.05, 0) is 37.1 Å². The SMILES string of the molecule is Cc1ccc(N2C(=O)[C@@H]3[C@H](C2=O)[C@H]2C=C[C@H]3O2)cc1C. The van der Waals surface area contributed by atoms with E-state index in [1.54, 1.807) is 0 Å². The molecule has 4 nitrogen and oxygen atoms in total. The lowest BCUT2D eigenvalue weighted by Crippen LogP contribution is -2.34. The number of nitrogens with zero attached hydrogens (tertiary/aromatic N) is 1. The molecule has 3 aliphatic heterocycles. The minimum atomic E-state index is -0.334. The first-order valence-electron chi connectivity index (χ1n) is 6.87. The number of benzene rings is 1. The molecule has 102 valence electrons. The fourth-order valence-electron chi connectivity index (χ4n) is 3.42. The Balaban J connectivity index is 1.76. The fourth-order valence-corrected chi connectivity index (χ4v) is 3.42. The van der Waals surface area contributed by atoms with Gasteiger partial charge in [-0.3, -0.25) is 9.59 Å². The summed E-state index contributed by atoms with van der Waals surface area (Å²) in [6.45, 7) is 4.00. The summed E-state index contributed by atoms with van der Waals surface area (Å²) in [7, 11) is 0. The molecule has 4 heteroatoms. The van der Waals surface area contributed by atoms with E-state index in [0.29, 0.717) is 5.69 Å². The number of rotatable bonds is 1. The number of carbonyl (C=O) groups excluding carboxylic acids is 2. The molecule has 0 spiro atoms. The summed E-state index contributed by atoms with van der Waals surface area (Å²) < 4.78 is 5.63. The van der Waals surface area contributed by atoms with Gasteiger partial charge < -0.3 is 4.74 Å². The van der Waals surface area contributed by atoms with E-state index >= 15 is 0 Å². The van der Waals surface area contributed by atoms with Crippen LogP contribution in [0.3, 0.4) is 0 Å². The van der Waals surface area contributed by atoms with Crippen molar-refractivity contribution in [1.29, 1.82) is 0 Å². The molecule has 0 radical (unpaired) electrons. The van der Waals surface area contributed by atoms with Crippen molar-refractivity contribution in [3.8, 4) is 0 Å². The van der Waals surface area contributed by atoms with E-state index in [1.807, 2.05) is 44.2 Å². The summed E-state index contributed by atoms with van der Waals surface area (Å²) in [5.41, 5.74) is 2.91. The van der Waals surface area contributed by atoms with E-state index in [-0.39, 0.29) is 35.9 Å². The molecule has 20 heavy (non-hydrogen) atoms. The van der Waals surface area contributed by atoms with Gasteiger partial charge >= 0.3 is 0 Å².